The SMILES string of the molecule is CCOc1cc(/C=C(\Cl)c2nnc(C(=O)Nc3ccc(Cl)cc3)s2)ccc1OC(F)F. The van der Waals surface area contributed by atoms with Gasteiger partial charge >= 0.3 is 6.61 Å². The van der Waals surface area contributed by atoms with Gasteiger partial charge < -0.3 is 14.8 Å². The second-order valence-corrected chi connectivity index (χ2v) is 7.70. The van der Waals surface area contributed by atoms with Crippen LogP contribution in [0.3, 0.4) is 0 Å². The summed E-state index contributed by atoms with van der Waals surface area (Å²) in [6.07, 6.45) is 1.55. The Morgan fingerprint density at radius 2 is 1.87 bits per heavy atom. The van der Waals surface area contributed by atoms with E-state index in [-0.39, 0.29) is 28.1 Å². The molecule has 0 fully saturated rings. The van der Waals surface area contributed by atoms with E-state index in [1.807, 2.05) is 0 Å². The predicted octanol–water partition coefficient (Wildman–Crippen LogP) is 6.18. The van der Waals surface area contributed by atoms with E-state index in [4.69, 9.17) is 27.9 Å². The Morgan fingerprint density at radius 3 is 2.55 bits per heavy atom. The maximum Gasteiger partial charge on any atom is 0.387 e. The summed E-state index contributed by atoms with van der Waals surface area (Å²) >= 11 is 13.1. The first kappa shape index (κ1) is 22.9. The van der Waals surface area contributed by atoms with Gasteiger partial charge in [-0.2, -0.15) is 8.78 Å². The molecule has 162 valence electrons. The minimum atomic E-state index is -2.97. The van der Waals surface area contributed by atoms with Gasteiger partial charge in [0.1, 0.15) is 0 Å². The number of anilines is 1. The van der Waals surface area contributed by atoms with Crippen molar-refractivity contribution in [3.63, 3.8) is 0 Å². The normalized spacial score (nSPS) is 11.5. The highest BCUT2D eigenvalue weighted by Gasteiger charge is 2.16. The molecule has 2 aromatic carbocycles. The van der Waals surface area contributed by atoms with Crippen LogP contribution in [0.4, 0.5) is 14.5 Å². The maximum absolute atomic E-state index is 12.5. The first-order valence-corrected chi connectivity index (χ1v) is 10.4. The zero-order valence-electron chi connectivity index (χ0n) is 15.9. The number of nitrogens with one attached hydrogen (secondary N) is 1. The van der Waals surface area contributed by atoms with E-state index in [2.05, 4.69) is 20.3 Å². The fourth-order valence-electron chi connectivity index (χ4n) is 2.41. The lowest BCUT2D eigenvalue weighted by atomic mass is 10.2. The first-order chi connectivity index (χ1) is 14.9. The highest BCUT2D eigenvalue weighted by atomic mass is 35.5. The highest BCUT2D eigenvalue weighted by Crippen LogP contribution is 2.32. The number of ether oxygens (including phenoxy) is 2. The summed E-state index contributed by atoms with van der Waals surface area (Å²) in [6, 6.07) is 11.0. The number of carbonyl (C=O) groups is 1. The van der Waals surface area contributed by atoms with Crippen molar-refractivity contribution in [3.05, 3.63) is 63.1 Å². The molecule has 3 aromatic rings. The van der Waals surface area contributed by atoms with Crippen LogP contribution in [-0.2, 0) is 0 Å². The Bertz CT molecular complexity index is 1090. The van der Waals surface area contributed by atoms with Gasteiger partial charge in [0.05, 0.1) is 11.6 Å². The largest absolute Gasteiger partial charge is 0.490 e. The minimum absolute atomic E-state index is 0.0813. The molecule has 6 nitrogen and oxygen atoms in total. The molecule has 0 radical (unpaired) electrons. The first-order valence-electron chi connectivity index (χ1n) is 8.85. The molecule has 1 amide bonds. The molecule has 3 rings (SSSR count). The summed E-state index contributed by atoms with van der Waals surface area (Å²) in [5, 5.41) is 11.7. The Labute approximate surface area is 190 Å². The average Bonchev–Trinajstić information content (AvgIpc) is 3.22. The van der Waals surface area contributed by atoms with Crippen molar-refractivity contribution >= 4 is 57.2 Å². The number of halogens is 4. The molecule has 1 N–H and O–H groups in total. The van der Waals surface area contributed by atoms with Crippen LogP contribution in [-0.4, -0.2) is 29.3 Å². The molecular formula is C20H15Cl2F2N3O3S. The second-order valence-electron chi connectivity index (χ2n) is 5.88. The number of aromatic nitrogens is 2. The number of carbonyl (C=O) groups excluding carboxylic acids is 1. The standard InChI is InChI=1S/C20H15Cl2F2N3O3S/c1-2-29-16-10-11(3-8-15(16)30-20(23)24)9-14(22)18-26-27-19(31-18)17(28)25-13-6-4-12(21)5-7-13/h3-10,20H,2H2,1H3,(H,25,28)/b14-9-. The molecule has 0 saturated carbocycles. The Hall–Kier alpha value is -2.75. The van der Waals surface area contributed by atoms with Gasteiger partial charge in [-0.25, -0.2) is 0 Å². The molecule has 1 heterocycles. The van der Waals surface area contributed by atoms with Gasteiger partial charge in [0, 0.05) is 10.7 Å². The summed E-state index contributed by atoms with van der Waals surface area (Å²) in [5.74, 6) is -0.369. The molecule has 0 aliphatic heterocycles. The van der Waals surface area contributed by atoms with E-state index < -0.39 is 12.5 Å². The van der Waals surface area contributed by atoms with E-state index in [9.17, 15) is 13.6 Å². The monoisotopic (exact) mass is 485 g/mol. The number of alkyl halides is 2. The van der Waals surface area contributed by atoms with Crippen molar-refractivity contribution in [1.82, 2.24) is 10.2 Å². The van der Waals surface area contributed by atoms with Gasteiger partial charge in [0.2, 0.25) is 5.01 Å². The molecule has 11 heteroatoms. The summed E-state index contributed by atoms with van der Waals surface area (Å²) < 4.78 is 34.9. The van der Waals surface area contributed by atoms with Crippen LogP contribution in [0, 0.1) is 0 Å². The third-order valence-corrected chi connectivity index (χ3v) is 5.31. The molecular weight excluding hydrogens is 471 g/mol. The van der Waals surface area contributed by atoms with Crippen molar-refractivity contribution in [2.24, 2.45) is 0 Å². The van der Waals surface area contributed by atoms with Crippen molar-refractivity contribution in [2.45, 2.75) is 13.5 Å². The topological polar surface area (TPSA) is 73.3 Å². The van der Waals surface area contributed by atoms with Crippen LogP contribution in [0.2, 0.25) is 5.02 Å². The van der Waals surface area contributed by atoms with Crippen molar-refractivity contribution < 1.29 is 23.0 Å². The Kier molecular flexibility index (Phi) is 7.78. The van der Waals surface area contributed by atoms with Crippen LogP contribution >= 0.6 is 34.5 Å². The van der Waals surface area contributed by atoms with Crippen LogP contribution in [0.25, 0.3) is 11.1 Å². The number of benzene rings is 2. The van der Waals surface area contributed by atoms with E-state index in [0.29, 0.717) is 21.3 Å². The molecule has 0 aliphatic carbocycles. The van der Waals surface area contributed by atoms with Gasteiger partial charge in [-0.15, -0.1) is 10.2 Å². The number of amides is 1. The predicted molar refractivity (Wildman–Crippen MR) is 117 cm³/mol. The second kappa shape index (κ2) is 10.5. The zero-order valence-corrected chi connectivity index (χ0v) is 18.3. The number of nitrogens with zero attached hydrogens (tertiary/aromatic N) is 2. The third-order valence-electron chi connectivity index (χ3n) is 3.70. The van der Waals surface area contributed by atoms with Crippen LogP contribution in [0.15, 0.2) is 42.5 Å². The van der Waals surface area contributed by atoms with E-state index in [0.717, 1.165) is 11.3 Å². The van der Waals surface area contributed by atoms with Crippen molar-refractivity contribution in [3.8, 4) is 11.5 Å². The summed E-state index contributed by atoms with van der Waals surface area (Å²) in [7, 11) is 0. The maximum atomic E-state index is 12.5. The molecule has 0 spiro atoms. The van der Waals surface area contributed by atoms with Gasteiger partial charge in [0.15, 0.2) is 16.5 Å². The number of hydrogen-bond donors (Lipinski definition) is 1. The molecule has 0 atom stereocenters. The molecule has 0 saturated heterocycles. The fraction of sp³-hybridized carbons (Fsp3) is 0.150. The smallest absolute Gasteiger partial charge is 0.387 e. The van der Waals surface area contributed by atoms with Crippen molar-refractivity contribution in [1.29, 1.82) is 0 Å². The summed E-state index contributed by atoms with van der Waals surface area (Å²) in [6.45, 7) is -0.981. The molecule has 1 aromatic heterocycles. The van der Waals surface area contributed by atoms with E-state index in [1.54, 1.807) is 37.3 Å². The lowest BCUT2D eigenvalue weighted by Crippen LogP contribution is -2.11. The van der Waals surface area contributed by atoms with Gasteiger partial charge in [-0.3, -0.25) is 4.79 Å². The van der Waals surface area contributed by atoms with Gasteiger partial charge in [-0.05, 0) is 55.0 Å². The Balaban J connectivity index is 1.76. The number of hydrogen-bond acceptors (Lipinski definition) is 6. The minimum Gasteiger partial charge on any atom is -0.490 e. The van der Waals surface area contributed by atoms with E-state index in [1.165, 1.54) is 18.2 Å². The average molecular weight is 486 g/mol. The third kappa shape index (κ3) is 6.36. The van der Waals surface area contributed by atoms with Crippen LogP contribution in [0.1, 0.15) is 27.3 Å². The molecule has 0 unspecified atom stereocenters. The number of rotatable bonds is 8. The zero-order chi connectivity index (χ0) is 22.4. The summed E-state index contributed by atoms with van der Waals surface area (Å²) in [4.78, 5) is 12.3. The highest BCUT2D eigenvalue weighted by molar-refractivity contribution is 7.15. The lowest BCUT2D eigenvalue weighted by molar-refractivity contribution is -0.0514. The van der Waals surface area contributed by atoms with E-state index >= 15 is 0 Å². The van der Waals surface area contributed by atoms with Gasteiger partial charge in [0.25, 0.3) is 5.91 Å². The van der Waals surface area contributed by atoms with Crippen molar-refractivity contribution in [2.75, 3.05) is 11.9 Å². The molecule has 0 aliphatic rings. The lowest BCUT2D eigenvalue weighted by Gasteiger charge is -2.11. The fourth-order valence-corrected chi connectivity index (χ4v) is 3.47. The van der Waals surface area contributed by atoms with Gasteiger partial charge in [-0.1, -0.05) is 40.6 Å². The van der Waals surface area contributed by atoms with Crippen LogP contribution < -0.4 is 14.8 Å². The quantitative estimate of drug-likeness (QED) is 0.412. The Morgan fingerprint density at radius 1 is 1.16 bits per heavy atom. The van der Waals surface area contributed by atoms with Crippen LogP contribution in [0.5, 0.6) is 11.5 Å². The summed E-state index contributed by atoms with van der Waals surface area (Å²) in [5.41, 5.74) is 1.12. The molecule has 0 bridgehead atoms. The molecule has 31 heavy (non-hydrogen) atoms.